The molecular formula is C15H21ClFN3S. The van der Waals surface area contributed by atoms with Gasteiger partial charge >= 0.3 is 0 Å². The van der Waals surface area contributed by atoms with Gasteiger partial charge in [-0.3, -0.25) is 4.90 Å². The molecule has 1 aromatic carbocycles. The molecule has 1 aliphatic heterocycles. The van der Waals surface area contributed by atoms with E-state index in [0.717, 1.165) is 43.4 Å². The molecule has 0 aromatic heterocycles. The van der Waals surface area contributed by atoms with Crippen molar-refractivity contribution >= 4 is 28.9 Å². The zero-order chi connectivity index (χ0) is 15.4. The predicted octanol–water partition coefficient (Wildman–Crippen LogP) is 2.88. The van der Waals surface area contributed by atoms with Gasteiger partial charge in [-0.05, 0) is 43.8 Å². The maximum absolute atomic E-state index is 13.1. The zero-order valence-electron chi connectivity index (χ0n) is 12.4. The highest BCUT2D eigenvalue weighted by Crippen LogP contribution is 2.17. The van der Waals surface area contributed by atoms with Crippen molar-refractivity contribution < 1.29 is 4.39 Å². The second kappa shape index (κ2) is 7.38. The van der Waals surface area contributed by atoms with Crippen LogP contribution in [0.5, 0.6) is 0 Å². The summed E-state index contributed by atoms with van der Waals surface area (Å²) in [5.74, 6) is -0.365. The van der Waals surface area contributed by atoms with Crippen LogP contribution >= 0.6 is 23.8 Å². The number of piperazine rings is 1. The van der Waals surface area contributed by atoms with Crippen molar-refractivity contribution in [3.63, 3.8) is 0 Å². The molecule has 0 saturated carbocycles. The zero-order valence-corrected chi connectivity index (χ0v) is 14.0. The molecule has 0 aliphatic carbocycles. The number of rotatable bonds is 3. The molecule has 0 amide bonds. The predicted molar refractivity (Wildman–Crippen MR) is 89.1 cm³/mol. The van der Waals surface area contributed by atoms with Crippen molar-refractivity contribution in [3.05, 3.63) is 34.6 Å². The van der Waals surface area contributed by atoms with Crippen LogP contribution in [0.2, 0.25) is 5.02 Å². The first-order valence-corrected chi connectivity index (χ1v) is 7.96. The molecule has 3 nitrogen and oxygen atoms in total. The van der Waals surface area contributed by atoms with Gasteiger partial charge in [-0.1, -0.05) is 17.7 Å². The number of thiocarbonyl (C=S) groups is 1. The lowest BCUT2D eigenvalue weighted by molar-refractivity contribution is 0.174. The first kappa shape index (κ1) is 16.5. The Morgan fingerprint density at radius 3 is 2.57 bits per heavy atom. The van der Waals surface area contributed by atoms with Gasteiger partial charge < -0.3 is 10.2 Å². The van der Waals surface area contributed by atoms with Gasteiger partial charge in [-0.25, -0.2) is 4.39 Å². The van der Waals surface area contributed by atoms with Crippen molar-refractivity contribution in [2.24, 2.45) is 0 Å². The molecule has 1 aromatic rings. The van der Waals surface area contributed by atoms with E-state index in [0.29, 0.717) is 6.04 Å². The number of benzene rings is 1. The van der Waals surface area contributed by atoms with Gasteiger partial charge in [-0.2, -0.15) is 0 Å². The topological polar surface area (TPSA) is 18.5 Å². The molecule has 116 valence electrons. The summed E-state index contributed by atoms with van der Waals surface area (Å²) >= 11 is 11.2. The summed E-state index contributed by atoms with van der Waals surface area (Å²) in [4.78, 5) is 4.53. The minimum atomic E-state index is -0.365. The Kier molecular flexibility index (Phi) is 5.79. The van der Waals surface area contributed by atoms with Crippen molar-refractivity contribution in [3.8, 4) is 0 Å². The summed E-state index contributed by atoms with van der Waals surface area (Å²) in [5.41, 5.74) is 1.04. The van der Waals surface area contributed by atoms with Crippen molar-refractivity contribution in [2.75, 3.05) is 26.2 Å². The Morgan fingerprint density at radius 1 is 1.33 bits per heavy atom. The number of hydrogen-bond donors (Lipinski definition) is 1. The Hall–Kier alpha value is -0.910. The van der Waals surface area contributed by atoms with Gasteiger partial charge in [0, 0.05) is 38.8 Å². The quantitative estimate of drug-likeness (QED) is 0.859. The molecule has 21 heavy (non-hydrogen) atoms. The summed E-state index contributed by atoms with van der Waals surface area (Å²) in [6.45, 7) is 8.66. The molecule has 0 atom stereocenters. The molecule has 1 aliphatic rings. The third kappa shape index (κ3) is 4.80. The molecule has 0 radical (unpaired) electrons. The van der Waals surface area contributed by atoms with Gasteiger partial charge in [0.05, 0.1) is 5.02 Å². The maximum atomic E-state index is 13.1. The van der Waals surface area contributed by atoms with Crippen LogP contribution in [-0.4, -0.2) is 47.1 Å². The van der Waals surface area contributed by atoms with E-state index in [1.807, 2.05) is 0 Å². The minimum Gasteiger partial charge on any atom is -0.360 e. The first-order valence-electron chi connectivity index (χ1n) is 7.17. The summed E-state index contributed by atoms with van der Waals surface area (Å²) in [5, 5.41) is 4.29. The van der Waals surface area contributed by atoms with Gasteiger partial charge in [-0.15, -0.1) is 0 Å². The second-order valence-corrected chi connectivity index (χ2v) is 6.41. The molecule has 1 heterocycles. The van der Waals surface area contributed by atoms with Gasteiger partial charge in [0.15, 0.2) is 5.11 Å². The SMILES string of the molecule is CC(C)NC(=S)N1CCN(Cc2ccc(F)c(Cl)c2)CC1. The van der Waals surface area contributed by atoms with Crippen LogP contribution in [0.4, 0.5) is 4.39 Å². The molecule has 6 heteroatoms. The lowest BCUT2D eigenvalue weighted by Crippen LogP contribution is -2.52. The van der Waals surface area contributed by atoms with Crippen LogP contribution in [0.25, 0.3) is 0 Å². The second-order valence-electron chi connectivity index (χ2n) is 5.62. The smallest absolute Gasteiger partial charge is 0.169 e. The van der Waals surface area contributed by atoms with Gasteiger partial charge in [0.25, 0.3) is 0 Å². The number of nitrogens with zero attached hydrogens (tertiary/aromatic N) is 2. The molecule has 2 rings (SSSR count). The van der Waals surface area contributed by atoms with Crippen LogP contribution in [0.3, 0.4) is 0 Å². The number of nitrogens with one attached hydrogen (secondary N) is 1. The van der Waals surface area contributed by atoms with Crippen LogP contribution in [0.15, 0.2) is 18.2 Å². The van der Waals surface area contributed by atoms with Gasteiger partial charge in [0.2, 0.25) is 0 Å². The molecule has 0 bridgehead atoms. The van der Waals surface area contributed by atoms with E-state index in [4.69, 9.17) is 23.8 Å². The molecule has 1 saturated heterocycles. The van der Waals surface area contributed by atoms with E-state index in [9.17, 15) is 4.39 Å². The third-order valence-electron chi connectivity index (χ3n) is 3.46. The van der Waals surface area contributed by atoms with Crippen molar-refractivity contribution in [1.82, 2.24) is 15.1 Å². The average Bonchev–Trinajstić information content (AvgIpc) is 2.43. The van der Waals surface area contributed by atoms with E-state index in [2.05, 4.69) is 29.0 Å². The lowest BCUT2D eigenvalue weighted by atomic mass is 10.2. The van der Waals surface area contributed by atoms with E-state index in [-0.39, 0.29) is 10.8 Å². The molecular weight excluding hydrogens is 309 g/mol. The molecule has 0 unspecified atom stereocenters. The van der Waals surface area contributed by atoms with E-state index < -0.39 is 0 Å². The van der Waals surface area contributed by atoms with E-state index in [1.54, 1.807) is 12.1 Å². The Morgan fingerprint density at radius 2 is 2.00 bits per heavy atom. The molecule has 1 fully saturated rings. The fourth-order valence-corrected chi connectivity index (χ4v) is 2.96. The number of halogens is 2. The Balaban J connectivity index is 1.84. The maximum Gasteiger partial charge on any atom is 0.169 e. The fourth-order valence-electron chi connectivity index (χ4n) is 2.34. The summed E-state index contributed by atoms with van der Waals surface area (Å²) in [7, 11) is 0. The standard InChI is InChI=1S/C15H21ClFN3S/c1-11(2)18-15(21)20-7-5-19(6-8-20)10-12-3-4-14(17)13(16)9-12/h3-4,9,11H,5-8,10H2,1-2H3,(H,18,21). The van der Waals surface area contributed by atoms with Crippen molar-refractivity contribution in [1.29, 1.82) is 0 Å². The Bertz CT molecular complexity index is 502. The Labute approximate surface area is 136 Å². The van der Waals surface area contributed by atoms with Crippen LogP contribution in [-0.2, 0) is 6.54 Å². The van der Waals surface area contributed by atoms with Crippen LogP contribution < -0.4 is 5.32 Å². The molecule has 1 N–H and O–H groups in total. The van der Waals surface area contributed by atoms with Crippen LogP contribution in [0, 0.1) is 5.82 Å². The highest BCUT2D eigenvalue weighted by atomic mass is 35.5. The van der Waals surface area contributed by atoms with E-state index in [1.165, 1.54) is 6.07 Å². The normalized spacial score (nSPS) is 16.3. The largest absolute Gasteiger partial charge is 0.360 e. The minimum absolute atomic E-state index is 0.188. The molecule has 0 spiro atoms. The average molecular weight is 330 g/mol. The summed E-state index contributed by atoms with van der Waals surface area (Å²) < 4.78 is 13.1. The van der Waals surface area contributed by atoms with Crippen molar-refractivity contribution in [2.45, 2.75) is 26.4 Å². The highest BCUT2D eigenvalue weighted by molar-refractivity contribution is 7.80. The highest BCUT2D eigenvalue weighted by Gasteiger charge is 2.19. The number of hydrogen-bond acceptors (Lipinski definition) is 2. The summed E-state index contributed by atoms with van der Waals surface area (Å²) in [6.07, 6.45) is 0. The first-order chi connectivity index (χ1) is 9.95. The fraction of sp³-hybridized carbons (Fsp3) is 0.533. The monoisotopic (exact) mass is 329 g/mol. The van der Waals surface area contributed by atoms with E-state index >= 15 is 0 Å². The third-order valence-corrected chi connectivity index (χ3v) is 4.13. The lowest BCUT2D eigenvalue weighted by Gasteiger charge is -2.36. The van der Waals surface area contributed by atoms with Crippen LogP contribution in [0.1, 0.15) is 19.4 Å². The summed E-state index contributed by atoms with van der Waals surface area (Å²) in [6, 6.07) is 5.28. The van der Waals surface area contributed by atoms with Gasteiger partial charge in [0.1, 0.15) is 5.82 Å².